The largest absolute Gasteiger partial charge is 0.435 e. The molecule has 8 heteroatoms. The molecule has 0 bridgehead atoms. The van der Waals surface area contributed by atoms with Crippen molar-refractivity contribution in [2.75, 3.05) is 13.2 Å². The van der Waals surface area contributed by atoms with Gasteiger partial charge in [-0.15, -0.1) is 0 Å². The molecule has 2 fully saturated rings. The second-order valence-corrected chi connectivity index (χ2v) is 7.05. The van der Waals surface area contributed by atoms with Crippen molar-refractivity contribution in [2.45, 2.75) is 25.6 Å². The number of ether oxygens (including phenoxy) is 2. The SMILES string of the molecule is O=C1C(=Cc2ccc(OC(F)F)cc2)SC(=S)N1CC1CCCO1. The standard InChI is InChI=1S/C16H15F2NO3S2/c17-15(18)22-11-5-3-10(4-6-11)8-13-14(20)19(16(23)24-13)9-12-2-1-7-21-12/h3-6,8,12,15H,1-2,7,9H2. The highest BCUT2D eigenvalue weighted by Crippen LogP contribution is 2.33. The molecule has 0 N–H and O–H groups in total. The number of nitrogens with zero attached hydrogens (tertiary/aromatic N) is 1. The second kappa shape index (κ2) is 7.58. The maximum absolute atomic E-state index is 12.5. The molecular weight excluding hydrogens is 356 g/mol. The van der Waals surface area contributed by atoms with E-state index in [1.54, 1.807) is 23.1 Å². The van der Waals surface area contributed by atoms with Gasteiger partial charge in [0.05, 0.1) is 17.6 Å². The van der Waals surface area contributed by atoms with Gasteiger partial charge in [0.2, 0.25) is 0 Å². The van der Waals surface area contributed by atoms with Gasteiger partial charge in [-0.3, -0.25) is 9.69 Å². The first-order valence-corrected chi connectivity index (χ1v) is 8.67. The number of carbonyl (C=O) groups is 1. The highest BCUT2D eigenvalue weighted by Gasteiger charge is 2.34. The molecule has 3 rings (SSSR count). The molecule has 1 aromatic carbocycles. The van der Waals surface area contributed by atoms with E-state index in [2.05, 4.69) is 4.74 Å². The van der Waals surface area contributed by atoms with E-state index < -0.39 is 6.61 Å². The fourth-order valence-corrected chi connectivity index (χ4v) is 3.82. The van der Waals surface area contributed by atoms with Gasteiger partial charge in [0.15, 0.2) is 0 Å². The summed E-state index contributed by atoms with van der Waals surface area (Å²) >= 11 is 6.52. The molecule has 1 amide bonds. The van der Waals surface area contributed by atoms with Gasteiger partial charge in [-0.25, -0.2) is 0 Å². The molecule has 0 aliphatic carbocycles. The van der Waals surface area contributed by atoms with E-state index in [0.29, 0.717) is 21.3 Å². The predicted octanol–water partition coefficient (Wildman–Crippen LogP) is 3.67. The fraction of sp³-hybridized carbons (Fsp3) is 0.375. The molecular formula is C16H15F2NO3S2. The summed E-state index contributed by atoms with van der Waals surface area (Å²) in [4.78, 5) is 14.6. The number of amides is 1. The molecule has 1 atom stereocenters. The Labute approximate surface area is 147 Å². The Balaban J connectivity index is 1.68. The lowest BCUT2D eigenvalue weighted by molar-refractivity contribution is -0.123. The van der Waals surface area contributed by atoms with Crippen molar-refractivity contribution in [1.29, 1.82) is 0 Å². The number of thiocarbonyl (C=S) groups is 1. The second-order valence-electron chi connectivity index (χ2n) is 5.37. The van der Waals surface area contributed by atoms with Gasteiger partial charge >= 0.3 is 6.61 Å². The Morgan fingerprint density at radius 3 is 2.79 bits per heavy atom. The molecule has 24 heavy (non-hydrogen) atoms. The van der Waals surface area contributed by atoms with Gasteiger partial charge < -0.3 is 9.47 Å². The first kappa shape index (κ1) is 17.3. The van der Waals surface area contributed by atoms with Crippen molar-refractivity contribution in [3.8, 4) is 5.75 Å². The first-order chi connectivity index (χ1) is 11.5. The fourth-order valence-electron chi connectivity index (χ4n) is 2.55. The maximum atomic E-state index is 12.5. The van der Waals surface area contributed by atoms with Crippen molar-refractivity contribution < 1.29 is 23.0 Å². The van der Waals surface area contributed by atoms with Crippen LogP contribution >= 0.6 is 24.0 Å². The van der Waals surface area contributed by atoms with Gasteiger partial charge in [0, 0.05) is 6.61 Å². The molecule has 128 valence electrons. The van der Waals surface area contributed by atoms with Crippen LogP contribution in [-0.4, -0.2) is 41.0 Å². The van der Waals surface area contributed by atoms with Crippen LogP contribution in [0.5, 0.6) is 5.75 Å². The normalized spacial score (nSPS) is 22.9. The highest BCUT2D eigenvalue weighted by atomic mass is 32.2. The number of rotatable bonds is 5. The number of hydrogen-bond acceptors (Lipinski definition) is 5. The smallest absolute Gasteiger partial charge is 0.387 e. The summed E-state index contributed by atoms with van der Waals surface area (Å²) in [6.07, 6.45) is 3.67. The van der Waals surface area contributed by atoms with Gasteiger partial charge in [0.1, 0.15) is 10.1 Å². The maximum Gasteiger partial charge on any atom is 0.387 e. The van der Waals surface area contributed by atoms with Crippen LogP contribution in [0, 0.1) is 0 Å². The van der Waals surface area contributed by atoms with Crippen LogP contribution in [0.25, 0.3) is 6.08 Å². The Bertz CT molecular complexity index is 658. The van der Waals surface area contributed by atoms with E-state index >= 15 is 0 Å². The van der Waals surface area contributed by atoms with Crippen LogP contribution in [0.15, 0.2) is 29.2 Å². The van der Waals surface area contributed by atoms with E-state index in [4.69, 9.17) is 17.0 Å². The zero-order valence-corrected chi connectivity index (χ0v) is 14.2. The van der Waals surface area contributed by atoms with E-state index in [1.165, 1.54) is 23.9 Å². The molecule has 2 aliphatic rings. The first-order valence-electron chi connectivity index (χ1n) is 7.45. The zero-order chi connectivity index (χ0) is 17.1. The third kappa shape index (κ3) is 4.12. The predicted molar refractivity (Wildman–Crippen MR) is 91.9 cm³/mol. The molecule has 1 unspecified atom stereocenters. The summed E-state index contributed by atoms with van der Waals surface area (Å²) in [6.45, 7) is -1.66. The van der Waals surface area contributed by atoms with E-state index in [0.717, 1.165) is 19.4 Å². The number of alkyl halides is 2. The zero-order valence-electron chi connectivity index (χ0n) is 12.6. The minimum absolute atomic E-state index is 0.0395. The van der Waals surface area contributed by atoms with Gasteiger partial charge in [-0.05, 0) is 36.6 Å². The Kier molecular flexibility index (Phi) is 5.47. The molecule has 4 nitrogen and oxygen atoms in total. The van der Waals surface area contributed by atoms with Crippen LogP contribution in [-0.2, 0) is 9.53 Å². The van der Waals surface area contributed by atoms with Crippen LogP contribution in [0.2, 0.25) is 0 Å². The lowest BCUT2D eigenvalue weighted by atomic mass is 10.2. The Morgan fingerprint density at radius 2 is 2.17 bits per heavy atom. The molecule has 0 saturated carbocycles. The van der Waals surface area contributed by atoms with Crippen molar-refractivity contribution >= 4 is 40.3 Å². The number of hydrogen-bond donors (Lipinski definition) is 0. The molecule has 2 aliphatic heterocycles. The Morgan fingerprint density at radius 1 is 1.42 bits per heavy atom. The lowest BCUT2D eigenvalue weighted by Crippen LogP contribution is -2.35. The summed E-state index contributed by atoms with van der Waals surface area (Å²) in [5, 5.41) is 0. The monoisotopic (exact) mass is 371 g/mol. The number of halogens is 2. The summed E-state index contributed by atoms with van der Waals surface area (Å²) in [7, 11) is 0. The van der Waals surface area contributed by atoms with Crippen molar-refractivity contribution in [3.63, 3.8) is 0 Å². The minimum atomic E-state index is -2.86. The molecule has 1 aromatic rings. The van der Waals surface area contributed by atoms with Crippen molar-refractivity contribution in [1.82, 2.24) is 4.90 Å². The van der Waals surface area contributed by atoms with Gasteiger partial charge in [-0.1, -0.05) is 36.1 Å². The highest BCUT2D eigenvalue weighted by molar-refractivity contribution is 8.26. The summed E-state index contributed by atoms with van der Waals surface area (Å²) in [6, 6.07) is 6.10. The lowest BCUT2D eigenvalue weighted by Gasteiger charge is -2.18. The topological polar surface area (TPSA) is 38.8 Å². The molecule has 2 heterocycles. The average molecular weight is 371 g/mol. The third-order valence-corrected chi connectivity index (χ3v) is 5.06. The number of carbonyl (C=O) groups excluding carboxylic acids is 1. The number of thioether (sulfide) groups is 1. The van der Waals surface area contributed by atoms with E-state index in [1.807, 2.05) is 0 Å². The van der Waals surface area contributed by atoms with Crippen molar-refractivity contribution in [3.05, 3.63) is 34.7 Å². The van der Waals surface area contributed by atoms with Gasteiger partial charge in [-0.2, -0.15) is 8.78 Å². The summed E-state index contributed by atoms with van der Waals surface area (Å²) in [5.41, 5.74) is 0.717. The van der Waals surface area contributed by atoms with E-state index in [9.17, 15) is 13.6 Å². The molecule has 0 aromatic heterocycles. The molecule has 0 spiro atoms. The van der Waals surface area contributed by atoms with Crippen LogP contribution in [0.4, 0.5) is 8.78 Å². The summed E-state index contributed by atoms with van der Waals surface area (Å²) in [5.74, 6) is -0.0681. The minimum Gasteiger partial charge on any atom is -0.435 e. The Hall–Kier alpha value is -1.51. The third-order valence-electron chi connectivity index (χ3n) is 3.69. The van der Waals surface area contributed by atoms with Crippen molar-refractivity contribution in [2.24, 2.45) is 0 Å². The molecule has 0 radical (unpaired) electrons. The average Bonchev–Trinajstić information content (AvgIpc) is 3.13. The molecule has 2 saturated heterocycles. The number of benzene rings is 1. The van der Waals surface area contributed by atoms with Gasteiger partial charge in [0.25, 0.3) is 5.91 Å². The van der Waals surface area contributed by atoms with Crippen LogP contribution < -0.4 is 4.74 Å². The van der Waals surface area contributed by atoms with E-state index in [-0.39, 0.29) is 17.8 Å². The van der Waals surface area contributed by atoms with Crippen LogP contribution in [0.3, 0.4) is 0 Å². The summed E-state index contributed by atoms with van der Waals surface area (Å²) < 4.78 is 34.6. The van der Waals surface area contributed by atoms with Crippen LogP contribution in [0.1, 0.15) is 18.4 Å². The quantitative estimate of drug-likeness (QED) is 0.583.